The maximum atomic E-state index is 9.92. The van der Waals surface area contributed by atoms with Crippen molar-refractivity contribution in [3.05, 3.63) is 240 Å². The van der Waals surface area contributed by atoms with E-state index in [1.807, 2.05) is 30.3 Å². The quantitative estimate of drug-likeness (QED) is 0.169. The van der Waals surface area contributed by atoms with Gasteiger partial charge in [-0.2, -0.15) is 5.26 Å². The number of rotatable bonds is 6. The molecule has 2 heterocycles. The van der Waals surface area contributed by atoms with Crippen molar-refractivity contribution in [1.82, 2.24) is 4.57 Å². The van der Waals surface area contributed by atoms with E-state index in [1.54, 1.807) is 0 Å². The molecular formula is C56H35N3O. The molecule has 0 unspecified atom stereocenters. The number of nitriles is 1. The third kappa shape index (κ3) is 4.78. The van der Waals surface area contributed by atoms with Gasteiger partial charge in [-0.1, -0.05) is 140 Å². The van der Waals surface area contributed by atoms with Crippen molar-refractivity contribution in [2.24, 2.45) is 0 Å². The van der Waals surface area contributed by atoms with E-state index in [2.05, 4.69) is 198 Å². The summed E-state index contributed by atoms with van der Waals surface area (Å²) < 4.78 is 9.44. The summed E-state index contributed by atoms with van der Waals surface area (Å²) in [4.78, 5) is 2.32. The lowest BCUT2D eigenvalue weighted by Gasteiger charge is -2.35. The minimum atomic E-state index is -0.640. The Kier molecular flexibility index (Phi) is 7.48. The van der Waals surface area contributed by atoms with Crippen LogP contribution in [0.2, 0.25) is 0 Å². The second-order valence-electron chi connectivity index (χ2n) is 15.5. The number of hydrogen-bond acceptors (Lipinski definition) is 3. The van der Waals surface area contributed by atoms with Gasteiger partial charge >= 0.3 is 0 Å². The van der Waals surface area contributed by atoms with Crippen LogP contribution < -0.4 is 4.90 Å². The Hall–Kier alpha value is -8.13. The van der Waals surface area contributed by atoms with Gasteiger partial charge in [0.1, 0.15) is 5.58 Å². The van der Waals surface area contributed by atoms with E-state index in [0.717, 1.165) is 61.1 Å². The van der Waals surface area contributed by atoms with Gasteiger partial charge in [0.25, 0.3) is 0 Å². The highest BCUT2D eigenvalue weighted by Crippen LogP contribution is 2.61. The molecule has 4 heteroatoms. The monoisotopic (exact) mass is 765 g/mol. The molecule has 9 aromatic carbocycles. The van der Waals surface area contributed by atoms with E-state index in [1.165, 1.54) is 38.8 Å². The molecule has 0 aliphatic heterocycles. The van der Waals surface area contributed by atoms with E-state index >= 15 is 0 Å². The van der Waals surface area contributed by atoms with Crippen molar-refractivity contribution in [2.45, 2.75) is 5.41 Å². The first-order chi connectivity index (χ1) is 29.7. The normalized spacial score (nSPS) is 12.8. The second kappa shape index (κ2) is 13.2. The van der Waals surface area contributed by atoms with E-state index in [-0.39, 0.29) is 0 Å². The zero-order valence-electron chi connectivity index (χ0n) is 32.5. The Morgan fingerprint density at radius 2 is 1.10 bits per heavy atom. The highest BCUT2D eigenvalue weighted by Gasteiger charge is 2.48. The Bertz CT molecular complexity index is 3450. The molecule has 11 aromatic rings. The van der Waals surface area contributed by atoms with Gasteiger partial charge in [-0.05, 0) is 106 Å². The van der Waals surface area contributed by atoms with Crippen LogP contribution >= 0.6 is 0 Å². The van der Waals surface area contributed by atoms with Gasteiger partial charge in [-0.15, -0.1) is 0 Å². The molecule has 12 rings (SSSR count). The molecule has 0 atom stereocenters. The Balaban J connectivity index is 1.23. The van der Waals surface area contributed by atoms with Crippen LogP contribution in [0.4, 0.5) is 17.1 Å². The predicted molar refractivity (Wildman–Crippen MR) is 245 cm³/mol. The van der Waals surface area contributed by atoms with Crippen LogP contribution in [0.3, 0.4) is 0 Å². The number of hydrogen-bond donors (Lipinski definition) is 0. The van der Waals surface area contributed by atoms with Crippen molar-refractivity contribution in [2.75, 3.05) is 4.90 Å². The number of benzene rings is 9. The molecular weight excluding hydrogens is 731 g/mol. The van der Waals surface area contributed by atoms with Crippen LogP contribution in [-0.4, -0.2) is 4.57 Å². The lowest BCUT2D eigenvalue weighted by atomic mass is 9.67. The number of nitrogens with zero attached hydrogens (tertiary/aromatic N) is 3. The van der Waals surface area contributed by atoms with Crippen molar-refractivity contribution in [3.8, 4) is 22.9 Å². The fourth-order valence-electron chi connectivity index (χ4n) is 10.0. The van der Waals surface area contributed by atoms with Gasteiger partial charge in [0.2, 0.25) is 0 Å². The van der Waals surface area contributed by atoms with Crippen molar-refractivity contribution in [1.29, 1.82) is 5.26 Å². The smallest absolute Gasteiger partial charge is 0.160 e. The third-order valence-corrected chi connectivity index (χ3v) is 12.5. The number of furan rings is 1. The molecule has 0 radical (unpaired) electrons. The second-order valence-corrected chi connectivity index (χ2v) is 15.5. The first kappa shape index (κ1) is 34.0. The largest absolute Gasteiger partial charge is 0.454 e. The summed E-state index contributed by atoms with van der Waals surface area (Å²) in [6.07, 6.45) is 0. The van der Waals surface area contributed by atoms with E-state index in [9.17, 15) is 5.26 Å². The summed E-state index contributed by atoms with van der Waals surface area (Å²) in [5.41, 5.74) is 15.0. The van der Waals surface area contributed by atoms with Crippen LogP contribution in [-0.2, 0) is 5.41 Å². The van der Waals surface area contributed by atoms with E-state index in [0.29, 0.717) is 5.56 Å². The maximum Gasteiger partial charge on any atom is 0.160 e. The molecule has 0 N–H and O–H groups in total. The predicted octanol–water partition coefficient (Wildman–Crippen LogP) is 14.4. The third-order valence-electron chi connectivity index (χ3n) is 12.5. The molecule has 1 aliphatic carbocycles. The van der Waals surface area contributed by atoms with Crippen LogP contribution in [0.1, 0.15) is 27.8 Å². The van der Waals surface area contributed by atoms with Crippen molar-refractivity contribution in [3.63, 3.8) is 0 Å². The summed E-state index contributed by atoms with van der Waals surface area (Å²) in [6.45, 7) is 0. The minimum absolute atomic E-state index is 0.602. The standard InChI is InChI=1S/C56H35N3O/c57-36-37-28-30-41(31-29-37)58(42-32-33-50-46(34-42)43-22-11-14-26-49(43)59(50)40-20-8-3-9-21-40)51-35-48-53(54-45-24-12-15-27-52(45)60-55(51)54)44-23-10-13-25-47(44)56(48,38-16-4-1-5-17-38)39-18-6-2-7-19-39/h1-35H. The number of anilines is 3. The van der Waals surface area contributed by atoms with Crippen LogP contribution in [0.15, 0.2) is 217 Å². The molecule has 0 fully saturated rings. The zero-order valence-corrected chi connectivity index (χ0v) is 32.5. The highest BCUT2D eigenvalue weighted by molar-refractivity contribution is 6.20. The Morgan fingerprint density at radius 3 is 1.83 bits per heavy atom. The number of aromatic nitrogens is 1. The van der Waals surface area contributed by atoms with Crippen molar-refractivity contribution < 1.29 is 4.42 Å². The van der Waals surface area contributed by atoms with Gasteiger partial charge in [0, 0.05) is 38.6 Å². The fraction of sp³-hybridized carbons (Fsp3) is 0.0179. The van der Waals surface area contributed by atoms with E-state index < -0.39 is 5.41 Å². The average Bonchev–Trinajstić information content (AvgIpc) is 3.97. The summed E-state index contributed by atoms with van der Waals surface area (Å²) in [6, 6.07) is 77.8. The Morgan fingerprint density at radius 1 is 0.500 bits per heavy atom. The zero-order chi connectivity index (χ0) is 39.8. The molecule has 0 amide bonds. The molecule has 60 heavy (non-hydrogen) atoms. The molecule has 2 aromatic heterocycles. The van der Waals surface area contributed by atoms with Crippen molar-refractivity contribution >= 4 is 60.8 Å². The van der Waals surface area contributed by atoms with Gasteiger partial charge < -0.3 is 13.9 Å². The lowest BCUT2D eigenvalue weighted by molar-refractivity contribution is 0.668. The van der Waals surface area contributed by atoms with Gasteiger partial charge in [0.05, 0.1) is 33.8 Å². The molecule has 4 nitrogen and oxygen atoms in total. The molecule has 0 saturated carbocycles. The SMILES string of the molecule is N#Cc1ccc(N(c2ccc3c(c2)c2ccccc2n3-c2ccccc2)c2cc3c(c4c2oc2ccccc24)-c2ccccc2C3(c2ccccc2)c2ccccc2)cc1. The summed E-state index contributed by atoms with van der Waals surface area (Å²) in [5, 5.41) is 14.4. The molecule has 1 aliphatic rings. The lowest BCUT2D eigenvalue weighted by Crippen LogP contribution is -2.28. The molecule has 0 spiro atoms. The number of fused-ring (bicyclic) bond motifs is 10. The summed E-state index contributed by atoms with van der Waals surface area (Å²) >= 11 is 0. The molecule has 0 bridgehead atoms. The van der Waals surface area contributed by atoms with Gasteiger partial charge in [-0.3, -0.25) is 0 Å². The molecule has 280 valence electrons. The average molecular weight is 766 g/mol. The minimum Gasteiger partial charge on any atom is -0.454 e. The van der Waals surface area contributed by atoms with Gasteiger partial charge in [-0.25, -0.2) is 0 Å². The van der Waals surface area contributed by atoms with E-state index in [4.69, 9.17) is 4.42 Å². The van der Waals surface area contributed by atoms with Crippen LogP contribution in [0.25, 0.3) is 60.6 Å². The molecule has 0 saturated heterocycles. The maximum absolute atomic E-state index is 9.92. The van der Waals surface area contributed by atoms with Gasteiger partial charge in [0.15, 0.2) is 5.58 Å². The van der Waals surface area contributed by atoms with Crippen LogP contribution in [0.5, 0.6) is 0 Å². The first-order valence-corrected chi connectivity index (χ1v) is 20.3. The Labute approximate surface area is 347 Å². The first-order valence-electron chi connectivity index (χ1n) is 20.3. The number of para-hydroxylation sites is 3. The highest BCUT2D eigenvalue weighted by atomic mass is 16.3. The fourth-order valence-corrected chi connectivity index (χ4v) is 10.0. The van der Waals surface area contributed by atoms with Crippen LogP contribution in [0, 0.1) is 11.3 Å². The summed E-state index contributed by atoms with van der Waals surface area (Å²) in [7, 11) is 0. The summed E-state index contributed by atoms with van der Waals surface area (Å²) in [5.74, 6) is 0. The topological polar surface area (TPSA) is 45.1 Å².